The Morgan fingerprint density at radius 3 is 1.42 bits per heavy atom. The molecule has 7 aliphatic carbocycles. The van der Waals surface area contributed by atoms with Gasteiger partial charge in [-0.15, -0.1) is 0 Å². The van der Waals surface area contributed by atoms with Crippen molar-refractivity contribution in [2.45, 2.75) is 199 Å². The van der Waals surface area contributed by atoms with Gasteiger partial charge in [-0.25, -0.2) is 4.98 Å². The Kier molecular flexibility index (Phi) is 35.2. The van der Waals surface area contributed by atoms with Gasteiger partial charge in [-0.3, -0.25) is 0 Å². The van der Waals surface area contributed by atoms with Gasteiger partial charge in [-0.1, -0.05) is 77.0 Å². The number of hydrogen-bond donors (Lipinski definition) is 9. The van der Waals surface area contributed by atoms with Crippen molar-refractivity contribution in [1.29, 1.82) is 0 Å². The SMILES string of the molecule is C1CCC(CCCC2CCNCC2)CC1.C1CNCCN1.NCC12CC3CC(CC(C3)C1)C2.NCC1CC1.NCC1CCCCC1.NCC1CCCO1.NCCCn1ccnc1.NCCN1CCCCC1. The Hall–Kier alpha value is -1.23. The number of nitrogens with zero attached hydrogens (tertiary/aromatic N) is 3. The smallest absolute Gasteiger partial charge is 0.0945 e. The van der Waals surface area contributed by atoms with E-state index >= 15 is 0 Å². The first-order valence-electron chi connectivity index (χ1n) is 30.5. The van der Waals surface area contributed by atoms with Crippen molar-refractivity contribution in [2.75, 3.05) is 105 Å². The fraction of sp³-hybridized carbons (Fsp3) is 0.948. The average molecular weight is 1000 g/mol. The Morgan fingerprint density at radius 1 is 0.507 bits per heavy atom. The Morgan fingerprint density at radius 2 is 1.03 bits per heavy atom. The summed E-state index contributed by atoms with van der Waals surface area (Å²) in [6.07, 6.45) is 47.3. The van der Waals surface area contributed by atoms with Crippen LogP contribution in [0, 0.1) is 46.8 Å². The third-order valence-electron chi connectivity index (χ3n) is 17.4. The number of nitrogens with one attached hydrogen (secondary N) is 3. The number of rotatable bonds is 13. The summed E-state index contributed by atoms with van der Waals surface area (Å²) in [7, 11) is 0. The Labute approximate surface area is 437 Å². The number of ether oxygens (including phenoxy) is 1. The second-order valence-corrected chi connectivity index (χ2v) is 23.7. The summed E-state index contributed by atoms with van der Waals surface area (Å²) in [5.74, 6) is 7.13. The molecule has 1 aromatic rings. The van der Waals surface area contributed by atoms with E-state index in [2.05, 4.69) is 25.8 Å². The molecular formula is C58H118N12O. The second kappa shape index (κ2) is 40.1. The van der Waals surface area contributed by atoms with Crippen LogP contribution in [-0.4, -0.2) is 125 Å². The minimum atomic E-state index is 0.375. The van der Waals surface area contributed by atoms with Crippen LogP contribution in [0.25, 0.3) is 0 Å². The second-order valence-electron chi connectivity index (χ2n) is 23.7. The van der Waals surface area contributed by atoms with Gasteiger partial charge in [-0.05, 0) is 208 Å². The lowest BCUT2D eigenvalue weighted by Crippen LogP contribution is -2.49. The van der Waals surface area contributed by atoms with E-state index in [9.17, 15) is 0 Å². The van der Waals surface area contributed by atoms with Crippen LogP contribution in [0.15, 0.2) is 18.7 Å². The number of aromatic nitrogens is 2. The molecule has 4 bridgehead atoms. The summed E-state index contributed by atoms with van der Waals surface area (Å²) in [5, 5.41) is 9.90. The summed E-state index contributed by atoms with van der Waals surface area (Å²) < 4.78 is 7.20. The molecule has 4 aliphatic heterocycles. The number of imidazole rings is 1. The number of nitrogens with two attached hydrogens (primary N) is 6. The van der Waals surface area contributed by atoms with E-state index in [0.29, 0.717) is 18.1 Å². The summed E-state index contributed by atoms with van der Waals surface area (Å²) >= 11 is 0. The first-order valence-corrected chi connectivity index (χ1v) is 30.5. The molecule has 7 saturated carbocycles. The predicted octanol–water partition coefficient (Wildman–Crippen LogP) is 7.74. The molecule has 71 heavy (non-hydrogen) atoms. The number of aryl methyl sites for hydroxylation is 1. The molecule has 13 nitrogen and oxygen atoms in total. The average Bonchev–Trinajstić information content (AvgIpc) is 3.84. The zero-order valence-corrected chi connectivity index (χ0v) is 46.1. The van der Waals surface area contributed by atoms with E-state index in [1.165, 1.54) is 200 Å². The van der Waals surface area contributed by atoms with Crippen molar-refractivity contribution in [3.63, 3.8) is 0 Å². The maximum Gasteiger partial charge on any atom is 0.0945 e. The lowest BCUT2D eigenvalue weighted by atomic mass is 9.50. The molecule has 13 heteroatoms. The summed E-state index contributed by atoms with van der Waals surface area (Å²) in [5.41, 5.74) is 33.3. The van der Waals surface area contributed by atoms with Crippen LogP contribution in [0.1, 0.15) is 186 Å². The molecule has 0 amide bonds. The Bertz CT molecular complexity index is 1230. The number of likely N-dealkylation sites (tertiary alicyclic amines) is 1. The van der Waals surface area contributed by atoms with Crippen molar-refractivity contribution in [3.8, 4) is 0 Å². The molecule has 5 heterocycles. The standard InChI is InChI=1S/C14H27N.C11H19N.C7H16N2.C7H15N.C6H11N3.C5H11NO.C4H10N2.C4H9N/c1-2-5-13(6-3-1)7-4-8-14-9-11-15-12-10-14;12-7-11-4-8-1-9(5-11)3-10(2-8)6-11;8-4-7-9-5-2-1-3-6-9;8-6-7-4-2-1-3-5-7;7-2-1-4-9-5-3-8-6-9;6-4-5-2-1-3-7-5;1-2-6-4-3-5-1;5-3-4-1-2-4/h13-15H,1-12H2;8-10H,1-7,12H2;1-8H2;7H,1-6,8H2;3,5-6H,1-2,4,7H2;5H,1-4,6H2;5-6H,1-4H2;4H,1-3,5H2. The highest BCUT2D eigenvalue weighted by atomic mass is 16.5. The van der Waals surface area contributed by atoms with Gasteiger partial charge in [0.2, 0.25) is 0 Å². The van der Waals surface area contributed by atoms with Gasteiger partial charge < -0.3 is 64.6 Å². The molecule has 15 N–H and O–H groups in total. The van der Waals surface area contributed by atoms with Crippen LogP contribution >= 0.6 is 0 Å². The van der Waals surface area contributed by atoms with Crippen LogP contribution < -0.4 is 50.4 Å². The lowest BCUT2D eigenvalue weighted by molar-refractivity contribution is -0.0468. The highest BCUT2D eigenvalue weighted by Crippen LogP contribution is 2.59. The number of piperazine rings is 1. The lowest BCUT2D eigenvalue weighted by Gasteiger charge is -2.56. The van der Waals surface area contributed by atoms with Crippen molar-refractivity contribution in [3.05, 3.63) is 18.7 Å². The molecular weight excluding hydrogens is 881 g/mol. The van der Waals surface area contributed by atoms with Crippen molar-refractivity contribution in [1.82, 2.24) is 30.4 Å². The molecule has 11 aliphatic rings. The van der Waals surface area contributed by atoms with E-state index < -0.39 is 0 Å². The van der Waals surface area contributed by atoms with Crippen molar-refractivity contribution >= 4 is 0 Å². The van der Waals surface area contributed by atoms with E-state index in [1.54, 1.807) is 12.5 Å². The molecule has 0 radical (unpaired) electrons. The van der Waals surface area contributed by atoms with Crippen LogP contribution in [-0.2, 0) is 11.3 Å². The van der Waals surface area contributed by atoms with Crippen molar-refractivity contribution in [2.24, 2.45) is 81.2 Å². The fourth-order valence-corrected chi connectivity index (χ4v) is 13.2. The third-order valence-corrected chi connectivity index (χ3v) is 17.4. The topological polar surface area (TPSA) is 223 Å². The maximum absolute atomic E-state index is 5.93. The van der Waals surface area contributed by atoms with E-state index in [0.717, 1.165) is 133 Å². The van der Waals surface area contributed by atoms with Gasteiger partial charge in [0.15, 0.2) is 0 Å². The zero-order valence-electron chi connectivity index (χ0n) is 46.1. The minimum Gasteiger partial charge on any atom is -0.377 e. The normalized spacial score (nSPS) is 28.4. The van der Waals surface area contributed by atoms with E-state index in [4.69, 9.17) is 39.1 Å². The van der Waals surface area contributed by atoms with E-state index in [-0.39, 0.29) is 0 Å². The first kappa shape index (κ1) is 62.3. The first-order chi connectivity index (χ1) is 34.9. The molecule has 416 valence electrons. The van der Waals surface area contributed by atoms with Crippen LogP contribution in [0.3, 0.4) is 0 Å². The summed E-state index contributed by atoms with van der Waals surface area (Å²) in [6.45, 7) is 17.7. The zero-order chi connectivity index (χ0) is 50.5. The quantitative estimate of drug-likeness (QED) is 0.0926. The molecule has 4 saturated heterocycles. The molecule has 0 spiro atoms. The molecule has 1 atom stereocenters. The molecule has 0 aromatic carbocycles. The Balaban J connectivity index is 0.000000180. The van der Waals surface area contributed by atoms with Crippen LogP contribution in [0.5, 0.6) is 0 Å². The van der Waals surface area contributed by atoms with Gasteiger partial charge in [0, 0.05) is 71.4 Å². The fourth-order valence-electron chi connectivity index (χ4n) is 13.2. The van der Waals surface area contributed by atoms with Gasteiger partial charge in [-0.2, -0.15) is 0 Å². The summed E-state index contributed by atoms with van der Waals surface area (Å²) in [6, 6.07) is 0. The van der Waals surface area contributed by atoms with Gasteiger partial charge >= 0.3 is 0 Å². The molecule has 1 aromatic heterocycles. The van der Waals surface area contributed by atoms with Crippen molar-refractivity contribution < 1.29 is 4.74 Å². The largest absolute Gasteiger partial charge is 0.377 e. The molecule has 12 rings (SSSR count). The highest BCUT2D eigenvalue weighted by Gasteiger charge is 2.50. The number of piperidine rings is 2. The van der Waals surface area contributed by atoms with E-state index in [1.807, 2.05) is 10.8 Å². The summed E-state index contributed by atoms with van der Waals surface area (Å²) in [4.78, 5) is 6.35. The van der Waals surface area contributed by atoms with Gasteiger partial charge in [0.05, 0.1) is 12.4 Å². The van der Waals surface area contributed by atoms with Crippen LogP contribution in [0.2, 0.25) is 0 Å². The number of hydrogen-bond acceptors (Lipinski definition) is 12. The predicted molar refractivity (Wildman–Crippen MR) is 302 cm³/mol. The third kappa shape index (κ3) is 29.0. The van der Waals surface area contributed by atoms with Gasteiger partial charge in [0.25, 0.3) is 0 Å². The maximum atomic E-state index is 5.93. The van der Waals surface area contributed by atoms with Gasteiger partial charge in [0.1, 0.15) is 0 Å². The minimum absolute atomic E-state index is 0.375. The molecule has 11 fully saturated rings. The molecule has 1 unspecified atom stereocenters. The monoisotopic (exact) mass is 999 g/mol. The highest BCUT2D eigenvalue weighted by molar-refractivity contribution is 5.01. The van der Waals surface area contributed by atoms with Crippen LogP contribution in [0.4, 0.5) is 0 Å².